The average Bonchev–Trinajstić information content (AvgIpc) is 2.61. The zero-order valence-electron chi connectivity index (χ0n) is 13.0. The Hall–Kier alpha value is -0.780. The molecule has 122 valence electrons. The van der Waals surface area contributed by atoms with Gasteiger partial charge in [-0.3, -0.25) is 9.48 Å². The molecule has 0 radical (unpaired) electrons. The monoisotopic (exact) mass is 336 g/mol. The van der Waals surface area contributed by atoms with E-state index in [1.165, 1.54) is 5.56 Å². The molecule has 1 aliphatic heterocycles. The van der Waals surface area contributed by atoms with Crippen molar-refractivity contribution in [3.8, 4) is 0 Å². The van der Waals surface area contributed by atoms with Gasteiger partial charge in [0.15, 0.2) is 0 Å². The van der Waals surface area contributed by atoms with Gasteiger partial charge in [0.05, 0.1) is 5.69 Å². The van der Waals surface area contributed by atoms with Crippen LogP contribution in [0.5, 0.6) is 0 Å². The summed E-state index contributed by atoms with van der Waals surface area (Å²) < 4.78 is 1.88. The summed E-state index contributed by atoms with van der Waals surface area (Å²) in [7, 11) is 1.94. The van der Waals surface area contributed by atoms with E-state index in [0.29, 0.717) is 13.0 Å². The topological polar surface area (TPSA) is 64.2 Å². The number of hydrogen-bond acceptors (Lipinski definition) is 3. The molecule has 1 aromatic rings. The van der Waals surface area contributed by atoms with Gasteiger partial charge in [-0.15, -0.1) is 24.8 Å². The molecule has 1 atom stereocenters. The van der Waals surface area contributed by atoms with Crippen LogP contribution in [0.15, 0.2) is 0 Å². The number of rotatable bonds is 3. The van der Waals surface area contributed by atoms with Crippen molar-refractivity contribution in [3.63, 3.8) is 0 Å². The molecule has 1 fully saturated rings. The lowest BCUT2D eigenvalue weighted by molar-refractivity contribution is -0.132. The smallest absolute Gasteiger partial charge is 0.222 e. The van der Waals surface area contributed by atoms with Crippen molar-refractivity contribution in [1.82, 2.24) is 14.7 Å². The zero-order chi connectivity index (χ0) is 14.0. The Balaban J connectivity index is 0.00000200. The first-order valence-electron chi connectivity index (χ1n) is 7.01. The highest BCUT2D eigenvalue weighted by Crippen LogP contribution is 2.16. The zero-order valence-corrected chi connectivity index (χ0v) is 14.6. The van der Waals surface area contributed by atoms with Crippen LogP contribution in [0.25, 0.3) is 0 Å². The maximum Gasteiger partial charge on any atom is 0.222 e. The van der Waals surface area contributed by atoms with Crippen LogP contribution < -0.4 is 5.73 Å². The SMILES string of the molecule is Cc1nn(C)c(C)c1CCC(=O)N1CCCC(N)C1.Cl.Cl. The van der Waals surface area contributed by atoms with Crippen LogP contribution >= 0.6 is 24.8 Å². The van der Waals surface area contributed by atoms with Crippen LogP contribution in [-0.4, -0.2) is 39.7 Å². The Morgan fingerprint density at radius 2 is 2.05 bits per heavy atom. The van der Waals surface area contributed by atoms with Crippen LogP contribution in [0, 0.1) is 13.8 Å². The number of piperidine rings is 1. The summed E-state index contributed by atoms with van der Waals surface area (Å²) in [5, 5.41) is 4.38. The summed E-state index contributed by atoms with van der Waals surface area (Å²) in [6.07, 6.45) is 3.39. The molecular formula is C14H26Cl2N4O. The molecule has 0 aliphatic carbocycles. The minimum absolute atomic E-state index is 0. The van der Waals surface area contributed by atoms with E-state index in [9.17, 15) is 4.79 Å². The van der Waals surface area contributed by atoms with Gasteiger partial charge in [-0.2, -0.15) is 5.10 Å². The molecule has 5 nitrogen and oxygen atoms in total. The molecule has 7 heteroatoms. The summed E-state index contributed by atoms with van der Waals surface area (Å²) in [6.45, 7) is 5.63. The second-order valence-electron chi connectivity index (χ2n) is 5.52. The fourth-order valence-electron chi connectivity index (χ4n) is 2.81. The van der Waals surface area contributed by atoms with Gasteiger partial charge in [0, 0.05) is 38.3 Å². The van der Waals surface area contributed by atoms with Crippen LogP contribution in [0.2, 0.25) is 0 Å². The van der Waals surface area contributed by atoms with Gasteiger partial charge in [-0.05, 0) is 38.7 Å². The van der Waals surface area contributed by atoms with E-state index in [1.807, 2.05) is 23.6 Å². The summed E-state index contributed by atoms with van der Waals surface area (Å²) in [6, 6.07) is 0.152. The third kappa shape index (κ3) is 4.87. The lowest BCUT2D eigenvalue weighted by Crippen LogP contribution is -2.45. The minimum Gasteiger partial charge on any atom is -0.341 e. The minimum atomic E-state index is 0. The van der Waals surface area contributed by atoms with E-state index < -0.39 is 0 Å². The number of aryl methyl sites for hydroxylation is 2. The first-order valence-corrected chi connectivity index (χ1v) is 7.01. The number of halogens is 2. The fourth-order valence-corrected chi connectivity index (χ4v) is 2.81. The van der Waals surface area contributed by atoms with E-state index in [0.717, 1.165) is 37.2 Å². The van der Waals surface area contributed by atoms with E-state index in [-0.39, 0.29) is 36.8 Å². The van der Waals surface area contributed by atoms with E-state index in [4.69, 9.17) is 5.73 Å². The molecule has 1 aliphatic rings. The number of hydrogen-bond donors (Lipinski definition) is 1. The van der Waals surface area contributed by atoms with Gasteiger partial charge in [-0.25, -0.2) is 0 Å². The summed E-state index contributed by atoms with van der Waals surface area (Å²) in [4.78, 5) is 14.1. The Labute approximate surface area is 139 Å². The summed E-state index contributed by atoms with van der Waals surface area (Å²) >= 11 is 0. The first kappa shape index (κ1) is 20.2. The van der Waals surface area contributed by atoms with Crippen molar-refractivity contribution in [2.75, 3.05) is 13.1 Å². The molecule has 1 aromatic heterocycles. The standard InChI is InChI=1S/C14H24N4O.2ClH/c1-10-13(11(2)17(3)16-10)6-7-14(19)18-8-4-5-12(15)9-18;;/h12H,4-9,15H2,1-3H3;2*1H. The number of nitrogens with two attached hydrogens (primary N) is 1. The lowest BCUT2D eigenvalue weighted by Gasteiger charge is -2.30. The van der Waals surface area contributed by atoms with Gasteiger partial charge in [-0.1, -0.05) is 0 Å². The van der Waals surface area contributed by atoms with Gasteiger partial charge >= 0.3 is 0 Å². The molecule has 2 N–H and O–H groups in total. The molecule has 1 unspecified atom stereocenters. The van der Waals surface area contributed by atoms with Crippen LogP contribution in [-0.2, 0) is 18.3 Å². The molecule has 0 bridgehead atoms. The second-order valence-corrected chi connectivity index (χ2v) is 5.52. The maximum atomic E-state index is 12.2. The molecule has 1 saturated heterocycles. The van der Waals surface area contributed by atoms with Gasteiger partial charge in [0.2, 0.25) is 5.91 Å². The molecule has 0 spiro atoms. The van der Waals surface area contributed by atoms with Crippen molar-refractivity contribution in [3.05, 3.63) is 17.0 Å². The molecule has 0 saturated carbocycles. The van der Waals surface area contributed by atoms with Gasteiger partial charge in [0.1, 0.15) is 0 Å². The number of carbonyl (C=O) groups is 1. The Morgan fingerprint density at radius 3 is 2.57 bits per heavy atom. The summed E-state index contributed by atoms with van der Waals surface area (Å²) in [5.74, 6) is 0.220. The predicted octanol–water partition coefficient (Wildman–Crippen LogP) is 1.76. The normalized spacial score (nSPS) is 17.9. The second kappa shape index (κ2) is 8.61. The maximum absolute atomic E-state index is 12.2. The Kier molecular flexibility index (Phi) is 8.29. The van der Waals surface area contributed by atoms with Crippen LogP contribution in [0.4, 0.5) is 0 Å². The van der Waals surface area contributed by atoms with Crippen molar-refractivity contribution in [1.29, 1.82) is 0 Å². The predicted molar refractivity (Wildman–Crippen MR) is 89.3 cm³/mol. The number of likely N-dealkylation sites (tertiary alicyclic amines) is 1. The molecule has 2 rings (SSSR count). The highest BCUT2D eigenvalue weighted by molar-refractivity contribution is 5.85. The van der Waals surface area contributed by atoms with E-state index in [1.54, 1.807) is 0 Å². The number of nitrogens with zero attached hydrogens (tertiary/aromatic N) is 3. The third-order valence-electron chi connectivity index (χ3n) is 4.06. The molecule has 21 heavy (non-hydrogen) atoms. The molecule has 0 aromatic carbocycles. The lowest BCUT2D eigenvalue weighted by atomic mass is 10.0. The van der Waals surface area contributed by atoms with Crippen molar-refractivity contribution in [2.45, 2.75) is 45.6 Å². The van der Waals surface area contributed by atoms with E-state index in [2.05, 4.69) is 12.0 Å². The number of aromatic nitrogens is 2. The third-order valence-corrected chi connectivity index (χ3v) is 4.06. The Bertz CT molecular complexity index is 476. The Morgan fingerprint density at radius 1 is 1.38 bits per heavy atom. The van der Waals surface area contributed by atoms with Crippen molar-refractivity contribution >= 4 is 30.7 Å². The highest BCUT2D eigenvalue weighted by Gasteiger charge is 2.21. The van der Waals surface area contributed by atoms with Crippen LogP contribution in [0.1, 0.15) is 36.2 Å². The van der Waals surface area contributed by atoms with E-state index >= 15 is 0 Å². The summed E-state index contributed by atoms with van der Waals surface area (Å²) in [5.41, 5.74) is 9.30. The fraction of sp³-hybridized carbons (Fsp3) is 0.714. The highest BCUT2D eigenvalue weighted by atomic mass is 35.5. The van der Waals surface area contributed by atoms with Crippen molar-refractivity contribution < 1.29 is 4.79 Å². The molecule has 1 amide bonds. The average molecular weight is 337 g/mol. The quantitative estimate of drug-likeness (QED) is 0.914. The largest absolute Gasteiger partial charge is 0.341 e. The molecular weight excluding hydrogens is 311 g/mol. The van der Waals surface area contributed by atoms with Gasteiger partial charge < -0.3 is 10.6 Å². The van der Waals surface area contributed by atoms with Gasteiger partial charge in [0.25, 0.3) is 0 Å². The number of amides is 1. The van der Waals surface area contributed by atoms with Crippen LogP contribution in [0.3, 0.4) is 0 Å². The molecule has 2 heterocycles. The first-order chi connectivity index (χ1) is 8.99. The number of carbonyl (C=O) groups excluding carboxylic acids is 1. The van der Waals surface area contributed by atoms with Crippen molar-refractivity contribution in [2.24, 2.45) is 12.8 Å².